The number of benzene rings is 2. The molecule has 28 heavy (non-hydrogen) atoms. The second kappa shape index (κ2) is 8.55. The monoisotopic (exact) mass is 376 g/mol. The van der Waals surface area contributed by atoms with Crippen LogP contribution in [0.25, 0.3) is 17.0 Å². The molecule has 0 atom stereocenters. The Labute approximate surface area is 165 Å². The van der Waals surface area contributed by atoms with Gasteiger partial charge < -0.3 is 14.2 Å². The van der Waals surface area contributed by atoms with Crippen LogP contribution in [0.1, 0.15) is 16.7 Å². The molecule has 1 fully saturated rings. The lowest BCUT2D eigenvalue weighted by molar-refractivity contribution is -1.02. The summed E-state index contributed by atoms with van der Waals surface area (Å²) in [6.45, 7) is 8.24. The summed E-state index contributed by atoms with van der Waals surface area (Å²) < 4.78 is 5.71. The number of hydrogen-bond donors (Lipinski definition) is 2. The Morgan fingerprint density at radius 3 is 2.54 bits per heavy atom. The molecular weight excluding hydrogens is 348 g/mol. The van der Waals surface area contributed by atoms with E-state index in [2.05, 4.69) is 36.4 Å². The second-order valence-electron chi connectivity index (χ2n) is 7.78. The van der Waals surface area contributed by atoms with Crippen LogP contribution in [0.3, 0.4) is 0 Å². The normalized spacial score (nSPS) is 20.0. The molecule has 4 rings (SSSR count). The van der Waals surface area contributed by atoms with Gasteiger partial charge in [-0.2, -0.15) is 0 Å². The molecule has 4 nitrogen and oxygen atoms in total. The molecule has 3 aromatic rings. The highest BCUT2D eigenvalue weighted by Crippen LogP contribution is 2.12. The summed E-state index contributed by atoms with van der Waals surface area (Å²) in [5, 5.41) is 0.701. The molecular formula is C24H28N2O2+2. The number of fused-ring (bicyclic) bond motifs is 1. The Balaban J connectivity index is 1.33. The molecule has 0 radical (unpaired) electrons. The number of rotatable bonds is 5. The van der Waals surface area contributed by atoms with Gasteiger partial charge in [-0.3, -0.25) is 4.79 Å². The van der Waals surface area contributed by atoms with Crippen molar-refractivity contribution in [3.8, 4) is 0 Å². The zero-order valence-corrected chi connectivity index (χ0v) is 16.4. The lowest BCUT2D eigenvalue weighted by atomic mass is 10.1. The first-order valence-corrected chi connectivity index (χ1v) is 10.1. The van der Waals surface area contributed by atoms with Crippen LogP contribution in [0.5, 0.6) is 0 Å². The minimum absolute atomic E-state index is 0.123. The van der Waals surface area contributed by atoms with E-state index in [0.717, 1.165) is 50.4 Å². The van der Waals surface area contributed by atoms with Gasteiger partial charge in [-0.25, -0.2) is 0 Å². The summed E-state index contributed by atoms with van der Waals surface area (Å²) in [4.78, 5) is 15.9. The van der Waals surface area contributed by atoms with E-state index in [0.29, 0.717) is 11.0 Å². The largest absolute Gasteiger partial charge is 0.464 e. The molecule has 2 heterocycles. The molecule has 1 aliphatic heterocycles. The number of quaternary nitrogens is 2. The standard InChI is InChI=1S/C24H26N2O2/c1-19-9-10-23-22(16-19)24(27)21(18-28-23)17-26-14-12-25(13-15-26)11-5-8-20-6-3-2-4-7-20/h2-10,16,18H,11-15,17H2,1H3/p+2/b8-5+. The molecule has 0 unspecified atom stereocenters. The number of aryl methyl sites for hydroxylation is 1. The summed E-state index contributed by atoms with van der Waals surface area (Å²) in [5.41, 5.74) is 3.93. The maximum Gasteiger partial charge on any atom is 0.201 e. The van der Waals surface area contributed by atoms with Crippen molar-refractivity contribution >= 4 is 17.0 Å². The smallest absolute Gasteiger partial charge is 0.201 e. The average molecular weight is 377 g/mol. The van der Waals surface area contributed by atoms with E-state index in [1.807, 2.05) is 31.2 Å². The average Bonchev–Trinajstić information content (AvgIpc) is 2.72. The number of nitrogens with one attached hydrogen (secondary N) is 2. The van der Waals surface area contributed by atoms with Gasteiger partial charge in [0.25, 0.3) is 0 Å². The molecule has 4 heteroatoms. The Hall–Kier alpha value is -2.69. The summed E-state index contributed by atoms with van der Waals surface area (Å²) in [6.07, 6.45) is 6.14. The van der Waals surface area contributed by atoms with E-state index in [1.165, 1.54) is 10.5 Å². The van der Waals surface area contributed by atoms with Gasteiger partial charge in [-0.05, 0) is 30.7 Å². The fourth-order valence-corrected chi connectivity index (χ4v) is 3.94. The Morgan fingerprint density at radius 2 is 1.75 bits per heavy atom. The van der Waals surface area contributed by atoms with Crippen LogP contribution in [0, 0.1) is 6.92 Å². The zero-order valence-electron chi connectivity index (χ0n) is 16.4. The van der Waals surface area contributed by atoms with Crippen molar-refractivity contribution in [2.45, 2.75) is 13.5 Å². The molecule has 2 N–H and O–H groups in total. The highest BCUT2D eigenvalue weighted by molar-refractivity contribution is 5.77. The maximum absolute atomic E-state index is 12.8. The first-order chi connectivity index (χ1) is 13.7. The Kier molecular flexibility index (Phi) is 5.70. The van der Waals surface area contributed by atoms with Gasteiger partial charge in [-0.1, -0.05) is 48.0 Å². The first kappa shape index (κ1) is 18.7. The third-order valence-corrected chi connectivity index (χ3v) is 5.62. The van der Waals surface area contributed by atoms with E-state index in [-0.39, 0.29) is 5.43 Å². The Morgan fingerprint density at radius 1 is 1.00 bits per heavy atom. The SMILES string of the molecule is Cc1ccc2occ(C[NH+]3CC[NH+](C/C=C/c4ccccc4)CC3)c(=O)c2c1. The highest BCUT2D eigenvalue weighted by Gasteiger charge is 2.23. The predicted octanol–water partition coefficient (Wildman–Crippen LogP) is 1.10. The van der Waals surface area contributed by atoms with Crippen molar-refractivity contribution in [1.82, 2.24) is 0 Å². The van der Waals surface area contributed by atoms with Crippen LogP contribution < -0.4 is 15.2 Å². The summed E-state index contributed by atoms with van der Waals surface area (Å²) in [5.74, 6) is 0. The summed E-state index contributed by atoms with van der Waals surface area (Å²) >= 11 is 0. The second-order valence-corrected chi connectivity index (χ2v) is 7.78. The third kappa shape index (κ3) is 4.41. The van der Waals surface area contributed by atoms with Crippen molar-refractivity contribution in [1.29, 1.82) is 0 Å². The minimum Gasteiger partial charge on any atom is -0.464 e. The molecule has 0 aliphatic carbocycles. The van der Waals surface area contributed by atoms with Gasteiger partial charge in [-0.15, -0.1) is 0 Å². The molecule has 0 spiro atoms. The molecule has 2 aromatic carbocycles. The van der Waals surface area contributed by atoms with Crippen molar-refractivity contribution < 1.29 is 14.2 Å². The summed E-state index contributed by atoms with van der Waals surface area (Å²) in [6, 6.07) is 16.2. The fraction of sp³-hybridized carbons (Fsp3) is 0.292. The maximum atomic E-state index is 12.8. The predicted molar refractivity (Wildman–Crippen MR) is 113 cm³/mol. The Bertz CT molecular complexity index is 1020. The number of piperazine rings is 1. The first-order valence-electron chi connectivity index (χ1n) is 10.1. The molecule has 0 amide bonds. The van der Waals surface area contributed by atoms with E-state index in [9.17, 15) is 4.79 Å². The molecule has 1 aliphatic rings. The topological polar surface area (TPSA) is 39.1 Å². The van der Waals surface area contributed by atoms with Gasteiger partial charge in [0.2, 0.25) is 5.43 Å². The van der Waals surface area contributed by atoms with Crippen LogP contribution in [0.15, 0.2) is 70.1 Å². The van der Waals surface area contributed by atoms with Gasteiger partial charge in [0.15, 0.2) is 0 Å². The van der Waals surface area contributed by atoms with E-state index >= 15 is 0 Å². The zero-order chi connectivity index (χ0) is 19.3. The van der Waals surface area contributed by atoms with Crippen LogP contribution in [0.4, 0.5) is 0 Å². The lowest BCUT2D eigenvalue weighted by Crippen LogP contribution is -3.27. The van der Waals surface area contributed by atoms with Crippen molar-refractivity contribution in [3.05, 3.63) is 87.8 Å². The molecule has 0 bridgehead atoms. The summed E-state index contributed by atoms with van der Waals surface area (Å²) in [7, 11) is 0. The van der Waals surface area contributed by atoms with Crippen molar-refractivity contribution in [3.63, 3.8) is 0 Å². The fourth-order valence-electron chi connectivity index (χ4n) is 3.94. The van der Waals surface area contributed by atoms with Gasteiger partial charge >= 0.3 is 0 Å². The molecule has 0 saturated carbocycles. The number of hydrogen-bond acceptors (Lipinski definition) is 2. The van der Waals surface area contributed by atoms with Crippen LogP contribution >= 0.6 is 0 Å². The van der Waals surface area contributed by atoms with Gasteiger partial charge in [0.1, 0.15) is 44.6 Å². The third-order valence-electron chi connectivity index (χ3n) is 5.62. The van der Waals surface area contributed by atoms with E-state index in [1.54, 1.807) is 11.2 Å². The molecule has 144 valence electrons. The minimum atomic E-state index is 0.123. The van der Waals surface area contributed by atoms with Crippen LogP contribution in [-0.4, -0.2) is 32.7 Å². The van der Waals surface area contributed by atoms with E-state index < -0.39 is 0 Å². The molecule has 1 saturated heterocycles. The highest BCUT2D eigenvalue weighted by atomic mass is 16.3. The van der Waals surface area contributed by atoms with Gasteiger partial charge in [0, 0.05) is 0 Å². The quantitative estimate of drug-likeness (QED) is 0.700. The van der Waals surface area contributed by atoms with Crippen molar-refractivity contribution in [2.24, 2.45) is 0 Å². The van der Waals surface area contributed by atoms with E-state index in [4.69, 9.17) is 4.42 Å². The van der Waals surface area contributed by atoms with Gasteiger partial charge in [0.05, 0.1) is 17.5 Å². The molecule has 1 aromatic heterocycles. The van der Waals surface area contributed by atoms with Crippen LogP contribution in [0.2, 0.25) is 0 Å². The van der Waals surface area contributed by atoms with Crippen molar-refractivity contribution in [2.75, 3.05) is 32.7 Å². The lowest BCUT2D eigenvalue weighted by Gasteiger charge is -2.28. The van der Waals surface area contributed by atoms with Crippen LogP contribution in [-0.2, 0) is 6.54 Å².